The molecule has 1 aromatic heterocycles. The van der Waals surface area contributed by atoms with E-state index in [2.05, 4.69) is 23.3 Å². The van der Waals surface area contributed by atoms with Crippen molar-refractivity contribution in [2.45, 2.75) is 13.0 Å². The molecule has 0 aliphatic heterocycles. The number of hydrogen-bond donors (Lipinski definition) is 2. The van der Waals surface area contributed by atoms with Crippen molar-refractivity contribution in [2.24, 2.45) is 5.73 Å². The summed E-state index contributed by atoms with van der Waals surface area (Å²) in [6, 6.07) is 1.92. The maximum Gasteiger partial charge on any atom is 0.0936 e. The van der Waals surface area contributed by atoms with Gasteiger partial charge in [-0.15, -0.1) is 11.3 Å². The zero-order chi connectivity index (χ0) is 9.84. The SMILES string of the molecule is Cc1ccsc1N(C)CC(N)CO. The first-order valence-corrected chi connectivity index (χ1v) is 5.14. The number of aliphatic hydroxyl groups is 1. The summed E-state index contributed by atoms with van der Waals surface area (Å²) in [6.07, 6.45) is 0. The second kappa shape index (κ2) is 4.60. The first kappa shape index (κ1) is 10.5. The van der Waals surface area contributed by atoms with Crippen LogP contribution in [-0.4, -0.2) is 31.3 Å². The number of thiophene rings is 1. The van der Waals surface area contributed by atoms with Crippen LogP contribution < -0.4 is 10.6 Å². The number of hydrogen-bond acceptors (Lipinski definition) is 4. The topological polar surface area (TPSA) is 49.5 Å². The summed E-state index contributed by atoms with van der Waals surface area (Å²) in [5.74, 6) is 0. The summed E-state index contributed by atoms with van der Waals surface area (Å²) in [6.45, 7) is 2.80. The van der Waals surface area contributed by atoms with E-state index in [0.29, 0.717) is 6.54 Å². The Hall–Kier alpha value is -0.580. The number of nitrogens with zero attached hydrogens (tertiary/aromatic N) is 1. The number of aryl methyl sites for hydroxylation is 1. The van der Waals surface area contributed by atoms with E-state index >= 15 is 0 Å². The van der Waals surface area contributed by atoms with Crippen molar-refractivity contribution in [3.8, 4) is 0 Å². The second-order valence-corrected chi connectivity index (χ2v) is 4.13. The maximum absolute atomic E-state index is 8.80. The molecule has 0 fully saturated rings. The Bertz CT molecular complexity index is 262. The van der Waals surface area contributed by atoms with Crippen LogP contribution in [0.5, 0.6) is 0 Å². The van der Waals surface area contributed by atoms with Gasteiger partial charge in [0, 0.05) is 19.6 Å². The molecule has 1 heterocycles. The van der Waals surface area contributed by atoms with Crippen LogP contribution in [0.15, 0.2) is 11.4 Å². The molecule has 3 nitrogen and oxygen atoms in total. The third-order valence-electron chi connectivity index (χ3n) is 1.92. The molecule has 0 aliphatic rings. The molecule has 0 radical (unpaired) electrons. The highest BCUT2D eigenvalue weighted by molar-refractivity contribution is 7.14. The molecule has 0 saturated heterocycles. The predicted octanol–water partition coefficient (Wildman–Crippen LogP) is 0.812. The molecular weight excluding hydrogens is 184 g/mol. The molecule has 0 bridgehead atoms. The first-order valence-electron chi connectivity index (χ1n) is 4.26. The molecular formula is C9H16N2OS. The zero-order valence-corrected chi connectivity index (χ0v) is 8.84. The summed E-state index contributed by atoms with van der Waals surface area (Å²) >= 11 is 1.70. The van der Waals surface area contributed by atoms with Crippen molar-refractivity contribution in [3.63, 3.8) is 0 Å². The fraction of sp³-hybridized carbons (Fsp3) is 0.556. The maximum atomic E-state index is 8.80. The minimum atomic E-state index is -0.161. The Morgan fingerprint density at radius 3 is 2.85 bits per heavy atom. The molecule has 0 aromatic carbocycles. The van der Waals surface area contributed by atoms with E-state index in [1.165, 1.54) is 10.6 Å². The lowest BCUT2D eigenvalue weighted by Crippen LogP contribution is -2.37. The molecule has 1 atom stereocenters. The van der Waals surface area contributed by atoms with E-state index in [0.717, 1.165) is 0 Å². The number of rotatable bonds is 4. The van der Waals surface area contributed by atoms with Crippen LogP contribution in [0.2, 0.25) is 0 Å². The molecule has 1 aromatic rings. The van der Waals surface area contributed by atoms with E-state index in [9.17, 15) is 0 Å². The van der Waals surface area contributed by atoms with E-state index in [1.54, 1.807) is 11.3 Å². The Morgan fingerprint density at radius 2 is 2.38 bits per heavy atom. The van der Waals surface area contributed by atoms with E-state index < -0.39 is 0 Å². The lowest BCUT2D eigenvalue weighted by atomic mass is 10.3. The van der Waals surface area contributed by atoms with Crippen molar-refractivity contribution in [1.29, 1.82) is 0 Å². The van der Waals surface area contributed by atoms with E-state index in [4.69, 9.17) is 10.8 Å². The molecule has 0 spiro atoms. The predicted molar refractivity (Wildman–Crippen MR) is 57.4 cm³/mol. The normalized spacial score (nSPS) is 12.9. The molecule has 4 heteroatoms. The lowest BCUT2D eigenvalue weighted by Gasteiger charge is -2.21. The monoisotopic (exact) mass is 200 g/mol. The fourth-order valence-electron chi connectivity index (χ4n) is 1.25. The van der Waals surface area contributed by atoms with Crippen LogP contribution in [-0.2, 0) is 0 Å². The number of nitrogens with two attached hydrogens (primary N) is 1. The molecule has 13 heavy (non-hydrogen) atoms. The van der Waals surface area contributed by atoms with Gasteiger partial charge in [0.25, 0.3) is 0 Å². The van der Waals surface area contributed by atoms with Crippen LogP contribution in [0.3, 0.4) is 0 Å². The molecule has 1 rings (SSSR count). The lowest BCUT2D eigenvalue weighted by molar-refractivity contribution is 0.267. The second-order valence-electron chi connectivity index (χ2n) is 3.23. The zero-order valence-electron chi connectivity index (χ0n) is 8.03. The Labute approximate surface area is 82.8 Å². The largest absolute Gasteiger partial charge is 0.395 e. The van der Waals surface area contributed by atoms with Gasteiger partial charge in [0.1, 0.15) is 0 Å². The summed E-state index contributed by atoms with van der Waals surface area (Å²) in [5.41, 5.74) is 6.90. The van der Waals surface area contributed by atoms with Crippen molar-refractivity contribution in [2.75, 3.05) is 25.1 Å². The fourth-order valence-corrected chi connectivity index (χ4v) is 2.16. The first-order chi connectivity index (χ1) is 6.15. The van der Waals surface area contributed by atoms with E-state index in [-0.39, 0.29) is 12.6 Å². The highest BCUT2D eigenvalue weighted by atomic mass is 32.1. The van der Waals surface area contributed by atoms with Gasteiger partial charge in [-0.3, -0.25) is 0 Å². The van der Waals surface area contributed by atoms with Crippen molar-refractivity contribution in [1.82, 2.24) is 0 Å². The highest BCUT2D eigenvalue weighted by Gasteiger charge is 2.09. The molecule has 3 N–H and O–H groups in total. The third-order valence-corrected chi connectivity index (χ3v) is 3.05. The van der Waals surface area contributed by atoms with Gasteiger partial charge in [-0.1, -0.05) is 0 Å². The van der Waals surface area contributed by atoms with Gasteiger partial charge < -0.3 is 15.7 Å². The number of anilines is 1. The molecule has 1 unspecified atom stereocenters. The highest BCUT2D eigenvalue weighted by Crippen LogP contribution is 2.25. The Morgan fingerprint density at radius 1 is 1.69 bits per heavy atom. The molecule has 0 amide bonds. The molecule has 0 aliphatic carbocycles. The summed E-state index contributed by atoms with van der Waals surface area (Å²) in [5, 5.41) is 12.1. The van der Waals surface area contributed by atoms with Gasteiger partial charge in [-0.05, 0) is 23.9 Å². The van der Waals surface area contributed by atoms with Gasteiger partial charge in [0.2, 0.25) is 0 Å². The summed E-state index contributed by atoms with van der Waals surface area (Å²) < 4.78 is 0. The average Bonchev–Trinajstić information content (AvgIpc) is 2.51. The van der Waals surface area contributed by atoms with Crippen LogP contribution in [0, 0.1) is 6.92 Å². The van der Waals surface area contributed by atoms with Crippen LogP contribution in [0.25, 0.3) is 0 Å². The molecule has 0 saturated carbocycles. The van der Waals surface area contributed by atoms with Crippen LogP contribution >= 0.6 is 11.3 Å². The van der Waals surface area contributed by atoms with Gasteiger partial charge in [0.05, 0.1) is 11.6 Å². The average molecular weight is 200 g/mol. The molecule has 74 valence electrons. The van der Waals surface area contributed by atoms with Gasteiger partial charge >= 0.3 is 0 Å². The van der Waals surface area contributed by atoms with Gasteiger partial charge in [0.15, 0.2) is 0 Å². The smallest absolute Gasteiger partial charge is 0.0936 e. The van der Waals surface area contributed by atoms with Crippen molar-refractivity contribution >= 4 is 16.3 Å². The van der Waals surface area contributed by atoms with Gasteiger partial charge in [-0.25, -0.2) is 0 Å². The number of likely N-dealkylation sites (N-methyl/N-ethyl adjacent to an activating group) is 1. The standard InChI is InChI=1S/C9H16N2OS/c1-7-3-4-13-9(7)11(2)5-8(10)6-12/h3-4,8,12H,5-6,10H2,1-2H3. The van der Waals surface area contributed by atoms with Crippen LogP contribution in [0.1, 0.15) is 5.56 Å². The Kier molecular flexibility index (Phi) is 3.71. The van der Waals surface area contributed by atoms with Crippen molar-refractivity contribution in [3.05, 3.63) is 17.0 Å². The summed E-state index contributed by atoms with van der Waals surface area (Å²) in [7, 11) is 1.99. The quantitative estimate of drug-likeness (QED) is 0.756. The third kappa shape index (κ3) is 2.69. The van der Waals surface area contributed by atoms with Crippen molar-refractivity contribution < 1.29 is 5.11 Å². The minimum absolute atomic E-state index is 0.0365. The minimum Gasteiger partial charge on any atom is -0.395 e. The number of aliphatic hydroxyl groups excluding tert-OH is 1. The van der Waals surface area contributed by atoms with Crippen LogP contribution in [0.4, 0.5) is 5.00 Å². The Balaban J connectivity index is 2.58. The van der Waals surface area contributed by atoms with Gasteiger partial charge in [-0.2, -0.15) is 0 Å². The summed E-state index contributed by atoms with van der Waals surface area (Å²) in [4.78, 5) is 2.08. The van der Waals surface area contributed by atoms with E-state index in [1.807, 2.05) is 7.05 Å².